The molecule has 0 aliphatic carbocycles. The Morgan fingerprint density at radius 1 is 1.11 bits per heavy atom. The highest BCUT2D eigenvalue weighted by Gasteiger charge is 2.16. The van der Waals surface area contributed by atoms with Crippen LogP contribution in [0.25, 0.3) is 0 Å². The molecule has 3 aromatic rings. The monoisotopic (exact) mass is 375 g/mol. The molecule has 0 radical (unpaired) electrons. The van der Waals surface area contributed by atoms with E-state index in [0.717, 1.165) is 22.6 Å². The molecule has 144 valence electrons. The quantitative estimate of drug-likeness (QED) is 0.652. The normalized spacial score (nSPS) is 10.4. The fraction of sp³-hybridized carbons (Fsp3) is 0.217. The molecule has 28 heavy (non-hydrogen) atoms. The van der Waals surface area contributed by atoms with E-state index < -0.39 is 0 Å². The molecule has 1 aromatic heterocycles. The second-order valence-electron chi connectivity index (χ2n) is 6.49. The number of pyridine rings is 1. The highest BCUT2D eigenvalue weighted by Crippen LogP contribution is 2.20. The number of nitrogens with one attached hydrogen (secondary N) is 1. The van der Waals surface area contributed by atoms with Gasteiger partial charge in [-0.05, 0) is 49.7 Å². The second kappa shape index (κ2) is 9.04. The number of rotatable bonds is 7. The van der Waals surface area contributed by atoms with Crippen LogP contribution < -0.4 is 15.0 Å². The van der Waals surface area contributed by atoms with Gasteiger partial charge in [-0.25, -0.2) is 4.98 Å². The molecular weight excluding hydrogens is 350 g/mol. The van der Waals surface area contributed by atoms with E-state index in [0.29, 0.717) is 24.5 Å². The van der Waals surface area contributed by atoms with Crippen molar-refractivity contribution in [1.29, 1.82) is 0 Å². The zero-order valence-corrected chi connectivity index (χ0v) is 16.5. The van der Waals surface area contributed by atoms with Crippen LogP contribution in [0.2, 0.25) is 0 Å². The number of anilines is 2. The second-order valence-corrected chi connectivity index (χ2v) is 6.49. The number of hydrogen-bond donors (Lipinski definition) is 1. The topological polar surface area (TPSA) is 54.5 Å². The van der Waals surface area contributed by atoms with Gasteiger partial charge in [-0.15, -0.1) is 0 Å². The summed E-state index contributed by atoms with van der Waals surface area (Å²) in [6.45, 7) is 5.17. The Balaban J connectivity index is 1.70. The number of nitrogens with zero attached hydrogens (tertiary/aromatic N) is 2. The number of aryl methyl sites for hydroxylation is 1. The highest BCUT2D eigenvalue weighted by molar-refractivity contribution is 6.06. The number of amides is 1. The lowest BCUT2D eigenvalue weighted by Gasteiger charge is -2.21. The molecule has 0 bridgehead atoms. The van der Waals surface area contributed by atoms with Crippen LogP contribution in [0.15, 0.2) is 66.9 Å². The molecule has 2 aromatic carbocycles. The summed E-state index contributed by atoms with van der Waals surface area (Å²) in [6.07, 6.45) is 1.62. The Hall–Kier alpha value is -3.34. The summed E-state index contributed by atoms with van der Waals surface area (Å²) in [5, 5.41) is 3.27. The third kappa shape index (κ3) is 4.49. The van der Waals surface area contributed by atoms with Gasteiger partial charge in [0.2, 0.25) is 0 Å². The first kappa shape index (κ1) is 19.4. The van der Waals surface area contributed by atoms with Gasteiger partial charge < -0.3 is 15.0 Å². The molecule has 0 unspecified atom stereocenters. The van der Waals surface area contributed by atoms with Gasteiger partial charge in [0.05, 0.1) is 12.7 Å². The lowest BCUT2D eigenvalue weighted by molar-refractivity contribution is 0.0988. The van der Waals surface area contributed by atoms with E-state index in [1.165, 1.54) is 0 Å². The van der Waals surface area contributed by atoms with Crippen molar-refractivity contribution in [2.75, 3.05) is 23.9 Å². The molecule has 1 N–H and O–H groups in total. The first-order valence-corrected chi connectivity index (χ1v) is 9.32. The van der Waals surface area contributed by atoms with Crippen molar-refractivity contribution >= 4 is 17.4 Å². The predicted octanol–water partition coefficient (Wildman–Crippen LogP) is 4.68. The number of benzene rings is 2. The Bertz CT molecular complexity index is 939. The van der Waals surface area contributed by atoms with E-state index >= 15 is 0 Å². The minimum absolute atomic E-state index is 0.0584. The molecule has 1 heterocycles. The minimum atomic E-state index is -0.0584. The van der Waals surface area contributed by atoms with Gasteiger partial charge in [0, 0.05) is 30.5 Å². The smallest absolute Gasteiger partial charge is 0.259 e. The molecule has 0 aliphatic rings. The molecule has 1 amide bonds. The van der Waals surface area contributed by atoms with Gasteiger partial charge in [-0.2, -0.15) is 0 Å². The molecule has 3 rings (SSSR count). The fourth-order valence-electron chi connectivity index (χ4n) is 3.05. The van der Waals surface area contributed by atoms with E-state index in [2.05, 4.69) is 10.3 Å². The van der Waals surface area contributed by atoms with Crippen molar-refractivity contribution in [2.24, 2.45) is 0 Å². The summed E-state index contributed by atoms with van der Waals surface area (Å²) in [6, 6.07) is 19.4. The van der Waals surface area contributed by atoms with Crippen LogP contribution in [0.4, 0.5) is 11.5 Å². The van der Waals surface area contributed by atoms with E-state index in [1.54, 1.807) is 24.3 Å². The largest absolute Gasteiger partial charge is 0.496 e. The predicted molar refractivity (Wildman–Crippen MR) is 113 cm³/mol. The van der Waals surface area contributed by atoms with Gasteiger partial charge in [0.15, 0.2) is 0 Å². The number of aromatic nitrogens is 1. The van der Waals surface area contributed by atoms with Crippen molar-refractivity contribution < 1.29 is 9.53 Å². The standard InChI is InChI=1S/C23H25N3O2/c1-4-26(20-10-7-8-17(2)14-20)23(27)19-12-13-22(25-16-19)24-15-18-9-5-6-11-21(18)28-3/h5-14,16H,4,15H2,1-3H3,(H,24,25). The van der Waals surface area contributed by atoms with E-state index in [-0.39, 0.29) is 5.91 Å². The Morgan fingerprint density at radius 2 is 1.93 bits per heavy atom. The maximum absolute atomic E-state index is 12.9. The van der Waals surface area contributed by atoms with Crippen molar-refractivity contribution in [3.63, 3.8) is 0 Å². The molecule has 0 atom stereocenters. The zero-order chi connectivity index (χ0) is 19.9. The molecule has 0 fully saturated rings. The molecular formula is C23H25N3O2. The fourth-order valence-corrected chi connectivity index (χ4v) is 3.05. The Labute approximate surface area is 166 Å². The van der Waals surface area contributed by atoms with Crippen LogP contribution in [0, 0.1) is 6.92 Å². The number of hydrogen-bond acceptors (Lipinski definition) is 4. The molecule has 0 saturated carbocycles. The lowest BCUT2D eigenvalue weighted by Crippen LogP contribution is -2.30. The molecule has 5 heteroatoms. The number of carbonyl (C=O) groups is 1. The lowest BCUT2D eigenvalue weighted by atomic mass is 10.1. The van der Waals surface area contributed by atoms with Crippen LogP contribution in [0.3, 0.4) is 0 Å². The van der Waals surface area contributed by atoms with Crippen LogP contribution in [-0.4, -0.2) is 24.5 Å². The van der Waals surface area contributed by atoms with Crippen LogP contribution >= 0.6 is 0 Å². The third-order valence-corrected chi connectivity index (χ3v) is 4.54. The molecule has 0 saturated heterocycles. The first-order chi connectivity index (χ1) is 13.6. The van der Waals surface area contributed by atoms with Crippen LogP contribution in [0.1, 0.15) is 28.4 Å². The van der Waals surface area contributed by atoms with Crippen molar-refractivity contribution in [3.05, 3.63) is 83.6 Å². The van der Waals surface area contributed by atoms with Crippen molar-refractivity contribution in [1.82, 2.24) is 4.98 Å². The Kier molecular flexibility index (Phi) is 6.27. The van der Waals surface area contributed by atoms with Gasteiger partial charge >= 0.3 is 0 Å². The van der Waals surface area contributed by atoms with Crippen LogP contribution in [0.5, 0.6) is 5.75 Å². The Morgan fingerprint density at radius 3 is 2.61 bits per heavy atom. The minimum Gasteiger partial charge on any atom is -0.496 e. The van der Waals surface area contributed by atoms with Crippen molar-refractivity contribution in [2.45, 2.75) is 20.4 Å². The van der Waals surface area contributed by atoms with E-state index in [4.69, 9.17) is 4.74 Å². The van der Waals surface area contributed by atoms with Crippen LogP contribution in [-0.2, 0) is 6.54 Å². The molecule has 0 aliphatic heterocycles. The summed E-state index contributed by atoms with van der Waals surface area (Å²) >= 11 is 0. The average Bonchev–Trinajstić information content (AvgIpc) is 2.73. The van der Waals surface area contributed by atoms with E-state index in [9.17, 15) is 4.79 Å². The summed E-state index contributed by atoms with van der Waals surface area (Å²) < 4.78 is 5.36. The summed E-state index contributed by atoms with van der Waals surface area (Å²) in [5.74, 6) is 1.48. The van der Waals surface area contributed by atoms with Gasteiger partial charge in [0.1, 0.15) is 11.6 Å². The maximum atomic E-state index is 12.9. The maximum Gasteiger partial charge on any atom is 0.259 e. The summed E-state index contributed by atoms with van der Waals surface area (Å²) in [7, 11) is 1.66. The number of para-hydroxylation sites is 1. The molecule has 5 nitrogen and oxygen atoms in total. The number of methoxy groups -OCH3 is 1. The summed E-state index contributed by atoms with van der Waals surface area (Å²) in [5.41, 5.74) is 3.62. The molecule has 0 spiro atoms. The van der Waals surface area contributed by atoms with E-state index in [1.807, 2.05) is 68.4 Å². The third-order valence-electron chi connectivity index (χ3n) is 4.54. The number of ether oxygens (including phenoxy) is 1. The zero-order valence-electron chi connectivity index (χ0n) is 16.5. The average molecular weight is 375 g/mol. The van der Waals surface area contributed by atoms with Gasteiger partial charge in [-0.3, -0.25) is 4.79 Å². The SMILES string of the molecule is CCN(C(=O)c1ccc(NCc2ccccc2OC)nc1)c1cccc(C)c1. The van der Waals surface area contributed by atoms with Gasteiger partial charge in [0.25, 0.3) is 5.91 Å². The first-order valence-electron chi connectivity index (χ1n) is 9.32. The highest BCUT2D eigenvalue weighted by atomic mass is 16.5. The van der Waals surface area contributed by atoms with Crippen molar-refractivity contribution in [3.8, 4) is 5.75 Å². The number of carbonyl (C=O) groups excluding carboxylic acids is 1. The van der Waals surface area contributed by atoms with Gasteiger partial charge in [-0.1, -0.05) is 30.3 Å². The summed E-state index contributed by atoms with van der Waals surface area (Å²) in [4.78, 5) is 19.1.